The van der Waals surface area contributed by atoms with Crippen molar-refractivity contribution in [2.75, 3.05) is 40.2 Å². The molecule has 0 saturated heterocycles. The Morgan fingerprint density at radius 3 is 1.91 bits per heavy atom. The maximum atomic E-state index is 14.6. The first-order chi connectivity index (χ1) is 34.3. The summed E-state index contributed by atoms with van der Waals surface area (Å²) < 4.78 is 168. The molecule has 15 N–H and O–H groups in total. The molecular weight excluding hydrogens is 1120 g/mol. The second-order valence-electron chi connectivity index (χ2n) is 14.4. The topological polar surface area (TPSA) is 509 Å². The van der Waals surface area contributed by atoms with E-state index in [0.29, 0.717) is 16.7 Å². The first-order valence-electron chi connectivity index (χ1n) is 19.6. The van der Waals surface area contributed by atoms with Gasteiger partial charge >= 0.3 is 16.5 Å². The molecule has 3 aromatic heterocycles. The van der Waals surface area contributed by atoms with Crippen LogP contribution in [0.2, 0.25) is 5.28 Å². The van der Waals surface area contributed by atoms with E-state index in [4.69, 9.17) is 21.9 Å². The molecule has 398 valence electrons. The lowest BCUT2D eigenvalue weighted by Crippen LogP contribution is -2.28. The summed E-state index contributed by atoms with van der Waals surface area (Å²) >= 11 is 6.13. The van der Waals surface area contributed by atoms with Crippen LogP contribution in [0, 0.1) is 13.0 Å². The van der Waals surface area contributed by atoms with Crippen molar-refractivity contribution in [1.29, 1.82) is 0 Å². The van der Waals surface area contributed by atoms with Gasteiger partial charge in [0.25, 0.3) is 21.6 Å². The molecule has 6 aromatic rings. The molecule has 3 aromatic carbocycles. The highest BCUT2D eigenvalue weighted by atomic mass is 35.5. The molecule has 0 radical (unpaired) electrons. The standard InChI is InChI=1S/C35H36ClFN14O18S5/c1-16-25(27(38)52)28(53)51(11-10-39-32-45-31(37)46-35(47-32)42-21-15-20(71(57,58)59)7-9-23(21)72(60,61)62)29(54)26(16)50-49-22-14-18(4-8-24(22)73(63,64)65)41-34-44-30(36)43-33(48-34)40-17-2-5-19(6-3-17)70(55,56)13-12-69-74(66,67)68/h2-9,14-15,53,57-59,63-65H,10-13H2,1H3,(H2,38,52)(H,60,61,62)(H,66,67,68)(H2,39,42,45,46,47)(H2,40,41,43,44,48). The third-order valence-corrected chi connectivity index (χ3v) is 14.4. The number of nitrogens with one attached hydrogen (secondary N) is 4. The predicted molar refractivity (Wildman–Crippen MR) is 259 cm³/mol. The number of aromatic hydroxyl groups is 1. The van der Waals surface area contributed by atoms with Gasteiger partial charge in [-0.2, -0.15) is 51.1 Å². The van der Waals surface area contributed by atoms with E-state index in [1.54, 1.807) is 0 Å². The second kappa shape index (κ2) is 21.9. The van der Waals surface area contributed by atoms with E-state index in [0.717, 1.165) is 37.3 Å². The minimum atomic E-state index is -5.02. The van der Waals surface area contributed by atoms with Crippen LogP contribution in [0.25, 0.3) is 0 Å². The Morgan fingerprint density at radius 2 is 1.31 bits per heavy atom. The molecule has 0 aliphatic heterocycles. The minimum Gasteiger partial charge on any atom is -0.494 e. The fourth-order valence-electron chi connectivity index (χ4n) is 6.15. The molecule has 0 aliphatic rings. The van der Waals surface area contributed by atoms with E-state index >= 15 is 0 Å². The Labute approximate surface area is 423 Å². The molecule has 0 bridgehead atoms. The number of nitrogens with two attached hydrogens (primary N) is 1. The Bertz CT molecular complexity index is 3610. The highest BCUT2D eigenvalue weighted by Crippen LogP contribution is 2.50. The average Bonchev–Trinajstić information content (AvgIpc) is 3.25. The Kier molecular flexibility index (Phi) is 16.7. The van der Waals surface area contributed by atoms with Crippen LogP contribution < -0.4 is 32.6 Å². The first kappa shape index (κ1) is 56.4. The maximum absolute atomic E-state index is 14.6. The number of anilines is 7. The number of rotatable bonds is 21. The molecule has 0 unspecified atom stereocenters. The number of hydrogen-bond donors (Lipinski definition) is 14. The van der Waals surface area contributed by atoms with Gasteiger partial charge in [-0.3, -0.25) is 23.3 Å². The lowest BCUT2D eigenvalue weighted by Gasteiger charge is -2.21. The molecule has 1 amide bonds. The molecule has 0 fully saturated rings. The molecular formula is C35H36ClFN14O18S5. The van der Waals surface area contributed by atoms with Crippen molar-refractivity contribution in [2.45, 2.75) is 33.1 Å². The van der Waals surface area contributed by atoms with Gasteiger partial charge in [0, 0.05) is 30.0 Å². The quantitative estimate of drug-likeness (QED) is 0.0337. The van der Waals surface area contributed by atoms with E-state index in [2.05, 4.69) is 65.6 Å². The number of amides is 1. The summed E-state index contributed by atoms with van der Waals surface area (Å²) in [6, 6.07) is 10.3. The number of carbonyl (C=O) groups excluding carboxylic acids is 1. The maximum Gasteiger partial charge on any atom is 0.397 e. The molecule has 0 aliphatic carbocycles. The lowest BCUT2D eigenvalue weighted by molar-refractivity contribution is 0.0995. The first-order valence-corrected chi connectivity index (χ1v) is 27.4. The van der Waals surface area contributed by atoms with Crippen LogP contribution in [0.15, 0.2) is 95.3 Å². The van der Waals surface area contributed by atoms with Gasteiger partial charge in [-0.05, 0) is 79.2 Å². The van der Waals surface area contributed by atoms with Crippen LogP contribution in [-0.4, -0.2) is 126 Å². The predicted octanol–water partition coefficient (Wildman–Crippen LogP) is 4.89. The smallest absolute Gasteiger partial charge is 0.397 e. The van der Waals surface area contributed by atoms with E-state index in [1.807, 2.05) is 0 Å². The summed E-state index contributed by atoms with van der Waals surface area (Å²) in [5.41, 5.74) is 1.79. The van der Waals surface area contributed by atoms with E-state index in [9.17, 15) is 76.2 Å². The highest BCUT2D eigenvalue weighted by molar-refractivity contribution is 8.19. The number of pyridine rings is 1. The number of hydrogen-bond acceptors (Lipinski definition) is 28. The van der Waals surface area contributed by atoms with Crippen molar-refractivity contribution in [3.63, 3.8) is 0 Å². The monoisotopic (exact) mass is 1150 g/mol. The van der Waals surface area contributed by atoms with Gasteiger partial charge in [-0.1, -0.05) is 0 Å². The van der Waals surface area contributed by atoms with Crippen molar-refractivity contribution < 1.29 is 80.1 Å². The van der Waals surface area contributed by atoms with Gasteiger partial charge in [0.2, 0.25) is 35.0 Å². The van der Waals surface area contributed by atoms with Crippen molar-refractivity contribution in [3.05, 3.63) is 93.5 Å². The van der Waals surface area contributed by atoms with Gasteiger partial charge in [0.15, 0.2) is 15.5 Å². The molecule has 3 heterocycles. The number of azo groups is 1. The Balaban J connectivity index is 1.24. The molecule has 6 rings (SSSR count). The summed E-state index contributed by atoms with van der Waals surface area (Å²) in [6.45, 7) is -0.781. The van der Waals surface area contributed by atoms with Crippen LogP contribution in [-0.2, 0) is 41.1 Å². The molecule has 0 atom stereocenters. The van der Waals surface area contributed by atoms with Crippen LogP contribution in [0.5, 0.6) is 5.88 Å². The second-order valence-corrected chi connectivity index (χ2v) is 22.4. The van der Waals surface area contributed by atoms with Gasteiger partial charge in [0.05, 0.1) is 32.7 Å². The van der Waals surface area contributed by atoms with Gasteiger partial charge in [-0.25, -0.2) is 12.6 Å². The summed E-state index contributed by atoms with van der Waals surface area (Å²) in [5.74, 6) is -4.84. The summed E-state index contributed by atoms with van der Waals surface area (Å²) in [6.07, 6.45) is -1.49. The number of aromatic nitrogens is 7. The van der Waals surface area contributed by atoms with Crippen molar-refractivity contribution in [3.8, 4) is 5.88 Å². The van der Waals surface area contributed by atoms with Crippen molar-refractivity contribution in [2.24, 2.45) is 16.0 Å². The summed E-state index contributed by atoms with van der Waals surface area (Å²) in [4.78, 5) is 46.8. The highest BCUT2D eigenvalue weighted by Gasteiger charge is 2.26. The van der Waals surface area contributed by atoms with Crippen molar-refractivity contribution >= 4 is 122 Å². The van der Waals surface area contributed by atoms with Gasteiger partial charge < -0.3 is 59.4 Å². The van der Waals surface area contributed by atoms with Gasteiger partial charge in [-0.15, -0.1) is 10.2 Å². The molecule has 74 heavy (non-hydrogen) atoms. The number of nitrogens with zero attached hydrogens (tertiary/aromatic N) is 9. The van der Waals surface area contributed by atoms with E-state index < -0.39 is 150 Å². The Hall–Kier alpha value is -6.89. The fraction of sp³-hybridized carbons (Fsp3) is 0.143. The average molecular weight is 1160 g/mol. The zero-order valence-electron chi connectivity index (χ0n) is 36.7. The van der Waals surface area contributed by atoms with Crippen molar-refractivity contribution in [1.82, 2.24) is 34.5 Å². The zero-order valence-corrected chi connectivity index (χ0v) is 41.5. The van der Waals surface area contributed by atoms with E-state index in [1.165, 1.54) is 18.2 Å². The van der Waals surface area contributed by atoms with Crippen LogP contribution in [0.4, 0.5) is 56.6 Å². The Morgan fingerprint density at radius 1 is 0.743 bits per heavy atom. The lowest BCUT2D eigenvalue weighted by atomic mass is 10.1. The molecule has 0 spiro atoms. The van der Waals surface area contributed by atoms with Gasteiger partial charge in [0.1, 0.15) is 37.9 Å². The SMILES string of the molecule is Cc1c(C(N)=O)c(O)n(CCNc2nc(F)nc(Nc3cc(S(O)(O)O)ccc3S(=O)(=O)O)n2)c(=O)c1N=Nc1cc(Nc2nc(Cl)nc(Nc3ccc(S(=O)(=O)CCOS(=O)(=O)O)cc3)n2)ccc1S(O)(O)O. The third kappa shape index (κ3) is 14.4. The largest absolute Gasteiger partial charge is 0.494 e. The summed E-state index contributed by atoms with van der Waals surface area (Å²) in [7, 11) is -23.0. The molecule has 0 saturated carbocycles. The summed E-state index contributed by atoms with van der Waals surface area (Å²) in [5, 5.41) is 28.7. The number of benzene rings is 3. The van der Waals surface area contributed by atoms with Crippen LogP contribution in [0.3, 0.4) is 0 Å². The van der Waals surface area contributed by atoms with Crippen LogP contribution >= 0.6 is 33.3 Å². The number of carbonyl (C=O) groups is 1. The molecule has 39 heteroatoms. The zero-order chi connectivity index (χ0) is 54.7. The third-order valence-electron chi connectivity index (χ3n) is 9.35. The normalized spacial score (nSPS) is 12.9. The number of halogens is 2. The fourth-order valence-corrected chi connectivity index (χ4v) is 9.59. The molecule has 32 nitrogen and oxygen atoms in total. The van der Waals surface area contributed by atoms with Crippen LogP contribution in [0.1, 0.15) is 15.9 Å². The minimum absolute atomic E-state index is 0.000129. The van der Waals surface area contributed by atoms with E-state index in [-0.39, 0.29) is 39.0 Å². The number of primary amides is 1. The number of sulfone groups is 1.